The smallest absolute Gasteiger partial charge is 0.0639 e. The summed E-state index contributed by atoms with van der Waals surface area (Å²) in [5.74, 6) is 0. The number of likely N-dealkylation sites (tertiary alicyclic amines) is 1. The lowest BCUT2D eigenvalue weighted by atomic mass is 10.1. The fourth-order valence-corrected chi connectivity index (χ4v) is 3.39. The minimum atomic E-state index is -0.185. The van der Waals surface area contributed by atoms with Crippen LogP contribution in [0, 0.1) is 0 Å². The third kappa shape index (κ3) is 2.35. The molecule has 2 aliphatic rings. The van der Waals surface area contributed by atoms with E-state index in [4.69, 9.17) is 0 Å². The Hall–Kier alpha value is -0.120. The normalized spacial score (nSPS) is 35.0. The van der Waals surface area contributed by atoms with Crippen molar-refractivity contribution in [1.29, 1.82) is 0 Å². The molecule has 2 saturated heterocycles. The Morgan fingerprint density at radius 1 is 1.13 bits per heavy atom. The van der Waals surface area contributed by atoms with Gasteiger partial charge in [0, 0.05) is 37.8 Å². The Balaban J connectivity index is 1.96. The van der Waals surface area contributed by atoms with Crippen molar-refractivity contribution in [2.75, 3.05) is 19.6 Å². The third-order valence-corrected chi connectivity index (χ3v) is 3.73. The number of nitrogens with zero attached hydrogens (tertiary/aromatic N) is 2. The summed E-state index contributed by atoms with van der Waals surface area (Å²) in [4.78, 5) is 5.12. The lowest BCUT2D eigenvalue weighted by Crippen LogP contribution is -2.56. The van der Waals surface area contributed by atoms with Crippen molar-refractivity contribution in [3.63, 3.8) is 0 Å². The molecule has 0 aliphatic carbocycles. The molecule has 2 bridgehead atoms. The quantitative estimate of drug-likeness (QED) is 0.754. The highest BCUT2D eigenvalue weighted by molar-refractivity contribution is 4.97. The van der Waals surface area contributed by atoms with Crippen LogP contribution < -0.4 is 0 Å². The lowest BCUT2D eigenvalue weighted by molar-refractivity contribution is 0.0227. The molecule has 2 rings (SSSR count). The molecule has 3 heteroatoms. The number of hydrogen-bond donors (Lipinski definition) is 1. The summed E-state index contributed by atoms with van der Waals surface area (Å²) in [5, 5.41) is 9.42. The summed E-state index contributed by atoms with van der Waals surface area (Å²) in [6.07, 6.45) is 2.51. The highest BCUT2D eigenvalue weighted by atomic mass is 16.3. The largest absolute Gasteiger partial charge is 0.392 e. The van der Waals surface area contributed by atoms with E-state index in [-0.39, 0.29) is 6.10 Å². The standard InChI is InChI=1S/C12H24N2O/c1-9(2)14-11-4-5-12(14)8-13(7-11)6-10(3)15/h9-12,15H,4-8H2,1-3H3. The van der Waals surface area contributed by atoms with Gasteiger partial charge in [0.05, 0.1) is 6.10 Å². The fourth-order valence-electron chi connectivity index (χ4n) is 3.39. The highest BCUT2D eigenvalue weighted by Gasteiger charge is 2.40. The van der Waals surface area contributed by atoms with Gasteiger partial charge in [0.25, 0.3) is 0 Å². The van der Waals surface area contributed by atoms with Gasteiger partial charge in [-0.3, -0.25) is 9.80 Å². The van der Waals surface area contributed by atoms with Gasteiger partial charge < -0.3 is 5.11 Å². The molecule has 3 atom stereocenters. The molecule has 0 amide bonds. The van der Waals surface area contributed by atoms with Gasteiger partial charge in [0.2, 0.25) is 0 Å². The van der Waals surface area contributed by atoms with Crippen LogP contribution in [-0.2, 0) is 0 Å². The molecular weight excluding hydrogens is 188 g/mol. The summed E-state index contributed by atoms with van der Waals surface area (Å²) in [6.45, 7) is 9.64. The molecule has 0 spiro atoms. The van der Waals surface area contributed by atoms with Crippen LogP contribution >= 0.6 is 0 Å². The topological polar surface area (TPSA) is 26.7 Å². The summed E-state index contributed by atoms with van der Waals surface area (Å²) < 4.78 is 0. The van der Waals surface area contributed by atoms with Crippen molar-refractivity contribution in [2.45, 2.75) is 57.8 Å². The first-order valence-corrected chi connectivity index (χ1v) is 6.25. The number of aliphatic hydroxyl groups excluding tert-OH is 1. The zero-order chi connectivity index (χ0) is 11.0. The van der Waals surface area contributed by atoms with Gasteiger partial charge in [-0.15, -0.1) is 0 Å². The third-order valence-electron chi connectivity index (χ3n) is 3.73. The second-order valence-corrected chi connectivity index (χ2v) is 5.49. The number of fused-ring (bicyclic) bond motifs is 2. The number of piperazine rings is 1. The molecule has 88 valence electrons. The van der Waals surface area contributed by atoms with E-state index in [0.29, 0.717) is 6.04 Å². The van der Waals surface area contributed by atoms with Crippen LogP contribution in [0.25, 0.3) is 0 Å². The number of β-amino-alcohol motifs (C(OH)–C–C–N with tert-alkyl or cyclic N) is 1. The number of rotatable bonds is 3. The average Bonchev–Trinajstić information content (AvgIpc) is 2.38. The van der Waals surface area contributed by atoms with Gasteiger partial charge in [-0.1, -0.05) is 0 Å². The Bertz CT molecular complexity index is 204. The zero-order valence-electron chi connectivity index (χ0n) is 10.2. The molecule has 0 aromatic heterocycles. The molecule has 15 heavy (non-hydrogen) atoms. The predicted octanol–water partition coefficient (Wildman–Crippen LogP) is 0.924. The molecular formula is C12H24N2O. The van der Waals surface area contributed by atoms with Crippen LogP contribution in [0.5, 0.6) is 0 Å². The Labute approximate surface area is 93.1 Å². The van der Waals surface area contributed by atoms with E-state index in [0.717, 1.165) is 31.7 Å². The van der Waals surface area contributed by atoms with Gasteiger partial charge >= 0.3 is 0 Å². The number of hydrogen-bond acceptors (Lipinski definition) is 3. The summed E-state index contributed by atoms with van der Waals surface area (Å²) >= 11 is 0. The van der Waals surface area contributed by atoms with Crippen LogP contribution in [0.3, 0.4) is 0 Å². The van der Waals surface area contributed by atoms with E-state index in [2.05, 4.69) is 23.6 Å². The molecule has 2 aliphatic heterocycles. The van der Waals surface area contributed by atoms with Crippen molar-refractivity contribution < 1.29 is 5.11 Å². The van der Waals surface area contributed by atoms with Crippen molar-refractivity contribution in [2.24, 2.45) is 0 Å². The van der Waals surface area contributed by atoms with Crippen molar-refractivity contribution in [1.82, 2.24) is 9.80 Å². The van der Waals surface area contributed by atoms with Gasteiger partial charge in [-0.25, -0.2) is 0 Å². The SMILES string of the molecule is CC(O)CN1CC2CCC(C1)N2C(C)C. The molecule has 1 N–H and O–H groups in total. The molecule has 3 unspecified atom stereocenters. The van der Waals surface area contributed by atoms with E-state index in [1.807, 2.05) is 6.92 Å². The minimum Gasteiger partial charge on any atom is -0.392 e. The first kappa shape index (κ1) is 11.4. The molecule has 2 fully saturated rings. The first-order chi connectivity index (χ1) is 7.08. The van der Waals surface area contributed by atoms with Gasteiger partial charge in [-0.05, 0) is 33.6 Å². The summed E-state index contributed by atoms with van der Waals surface area (Å²) in [7, 11) is 0. The molecule has 3 nitrogen and oxygen atoms in total. The van der Waals surface area contributed by atoms with Crippen molar-refractivity contribution in [3.05, 3.63) is 0 Å². The maximum absolute atomic E-state index is 9.42. The molecule has 2 heterocycles. The Morgan fingerprint density at radius 2 is 1.67 bits per heavy atom. The van der Waals surface area contributed by atoms with E-state index in [1.54, 1.807) is 0 Å². The fraction of sp³-hybridized carbons (Fsp3) is 1.00. The van der Waals surface area contributed by atoms with Crippen molar-refractivity contribution >= 4 is 0 Å². The molecule has 0 saturated carbocycles. The van der Waals surface area contributed by atoms with Crippen LogP contribution in [0.4, 0.5) is 0 Å². The minimum absolute atomic E-state index is 0.185. The summed E-state index contributed by atoms with van der Waals surface area (Å²) in [6, 6.07) is 2.15. The Kier molecular flexibility index (Phi) is 3.33. The zero-order valence-corrected chi connectivity index (χ0v) is 10.2. The van der Waals surface area contributed by atoms with E-state index >= 15 is 0 Å². The first-order valence-electron chi connectivity index (χ1n) is 6.25. The second kappa shape index (κ2) is 4.40. The van der Waals surface area contributed by atoms with Crippen LogP contribution in [0.15, 0.2) is 0 Å². The van der Waals surface area contributed by atoms with E-state index in [1.165, 1.54) is 12.8 Å². The monoisotopic (exact) mass is 212 g/mol. The Morgan fingerprint density at radius 3 is 2.07 bits per heavy atom. The second-order valence-electron chi connectivity index (χ2n) is 5.49. The van der Waals surface area contributed by atoms with Crippen LogP contribution in [0.2, 0.25) is 0 Å². The van der Waals surface area contributed by atoms with Gasteiger partial charge in [0.15, 0.2) is 0 Å². The number of aliphatic hydroxyl groups is 1. The summed E-state index contributed by atoms with van der Waals surface area (Å²) in [5.41, 5.74) is 0. The van der Waals surface area contributed by atoms with Crippen molar-refractivity contribution in [3.8, 4) is 0 Å². The maximum Gasteiger partial charge on any atom is 0.0639 e. The van der Waals surface area contributed by atoms with E-state index in [9.17, 15) is 5.11 Å². The van der Waals surface area contributed by atoms with Crippen LogP contribution in [-0.4, -0.2) is 58.8 Å². The van der Waals surface area contributed by atoms with E-state index < -0.39 is 0 Å². The molecule has 0 aromatic carbocycles. The molecule has 0 aromatic rings. The van der Waals surface area contributed by atoms with Gasteiger partial charge in [0.1, 0.15) is 0 Å². The molecule has 0 radical (unpaired) electrons. The maximum atomic E-state index is 9.42. The van der Waals surface area contributed by atoms with Crippen LogP contribution in [0.1, 0.15) is 33.6 Å². The highest BCUT2D eigenvalue weighted by Crippen LogP contribution is 2.31. The average molecular weight is 212 g/mol. The lowest BCUT2D eigenvalue weighted by Gasteiger charge is -2.43. The van der Waals surface area contributed by atoms with Gasteiger partial charge in [-0.2, -0.15) is 0 Å². The predicted molar refractivity (Wildman–Crippen MR) is 61.9 cm³/mol.